The Hall–Kier alpha value is -3.09. The number of amides is 1. The van der Waals surface area contributed by atoms with Crippen molar-refractivity contribution in [3.05, 3.63) is 47.0 Å². The SMILES string of the molecule is CCc1nc(OCC(=O)NCc2cccc(OC)c2)c2c(C)c(C)oc2n1. The Bertz CT molecular complexity index is 965. The van der Waals surface area contributed by atoms with Crippen molar-refractivity contribution in [3.8, 4) is 11.6 Å². The third-order valence-corrected chi connectivity index (χ3v) is 4.32. The minimum Gasteiger partial charge on any atom is -0.497 e. The van der Waals surface area contributed by atoms with Crippen LogP contribution in [0.1, 0.15) is 29.6 Å². The number of nitrogens with zero attached hydrogens (tertiary/aromatic N) is 2. The highest BCUT2D eigenvalue weighted by atomic mass is 16.5. The van der Waals surface area contributed by atoms with Crippen molar-refractivity contribution in [2.24, 2.45) is 0 Å². The quantitative estimate of drug-likeness (QED) is 0.689. The van der Waals surface area contributed by atoms with Gasteiger partial charge < -0.3 is 19.2 Å². The van der Waals surface area contributed by atoms with Gasteiger partial charge in [-0.05, 0) is 31.5 Å². The molecule has 0 atom stereocenters. The summed E-state index contributed by atoms with van der Waals surface area (Å²) in [7, 11) is 1.61. The summed E-state index contributed by atoms with van der Waals surface area (Å²) in [4.78, 5) is 21.0. The van der Waals surface area contributed by atoms with E-state index in [0.29, 0.717) is 35.8 Å². The van der Waals surface area contributed by atoms with Gasteiger partial charge in [0.1, 0.15) is 22.7 Å². The maximum atomic E-state index is 12.2. The molecule has 1 aromatic carbocycles. The number of fused-ring (bicyclic) bond motifs is 1. The number of carbonyl (C=O) groups excluding carboxylic acids is 1. The lowest BCUT2D eigenvalue weighted by molar-refractivity contribution is -0.123. The third kappa shape index (κ3) is 4.19. The van der Waals surface area contributed by atoms with Gasteiger partial charge in [-0.2, -0.15) is 9.97 Å². The molecule has 2 aromatic heterocycles. The highest BCUT2D eigenvalue weighted by molar-refractivity contribution is 5.84. The van der Waals surface area contributed by atoms with Gasteiger partial charge in [-0.15, -0.1) is 0 Å². The Morgan fingerprint density at radius 1 is 1.26 bits per heavy atom. The number of furan rings is 1. The van der Waals surface area contributed by atoms with E-state index in [1.165, 1.54) is 0 Å². The summed E-state index contributed by atoms with van der Waals surface area (Å²) in [6.45, 7) is 6.00. The fraction of sp³-hybridized carbons (Fsp3) is 0.350. The molecule has 142 valence electrons. The average Bonchev–Trinajstić information content (AvgIpc) is 2.98. The number of nitrogens with one attached hydrogen (secondary N) is 1. The van der Waals surface area contributed by atoms with Crippen molar-refractivity contribution >= 4 is 17.0 Å². The molecule has 0 unspecified atom stereocenters. The van der Waals surface area contributed by atoms with Crippen LogP contribution < -0.4 is 14.8 Å². The lowest BCUT2D eigenvalue weighted by atomic mass is 10.2. The van der Waals surface area contributed by atoms with E-state index in [1.807, 2.05) is 45.0 Å². The molecule has 0 saturated heterocycles. The van der Waals surface area contributed by atoms with Crippen LogP contribution >= 0.6 is 0 Å². The molecule has 0 aliphatic carbocycles. The summed E-state index contributed by atoms with van der Waals surface area (Å²) in [5.41, 5.74) is 2.35. The molecular formula is C20H23N3O4. The van der Waals surface area contributed by atoms with Crippen LogP contribution in [0.2, 0.25) is 0 Å². The summed E-state index contributed by atoms with van der Waals surface area (Å²) < 4.78 is 16.6. The number of ether oxygens (including phenoxy) is 2. The Morgan fingerprint density at radius 3 is 2.81 bits per heavy atom. The first-order valence-corrected chi connectivity index (χ1v) is 8.80. The van der Waals surface area contributed by atoms with Gasteiger partial charge in [-0.3, -0.25) is 4.79 Å². The normalized spacial score (nSPS) is 10.8. The van der Waals surface area contributed by atoms with E-state index in [0.717, 1.165) is 22.6 Å². The van der Waals surface area contributed by atoms with Gasteiger partial charge in [0, 0.05) is 18.5 Å². The first-order valence-electron chi connectivity index (χ1n) is 8.80. The summed E-state index contributed by atoms with van der Waals surface area (Å²) in [6, 6.07) is 7.53. The lowest BCUT2D eigenvalue weighted by Crippen LogP contribution is -2.28. The van der Waals surface area contributed by atoms with Crippen molar-refractivity contribution < 1.29 is 18.7 Å². The van der Waals surface area contributed by atoms with Crippen LogP contribution in [0.25, 0.3) is 11.1 Å². The molecule has 7 nitrogen and oxygen atoms in total. The van der Waals surface area contributed by atoms with Crippen molar-refractivity contribution in [3.63, 3.8) is 0 Å². The van der Waals surface area contributed by atoms with Crippen molar-refractivity contribution in [1.29, 1.82) is 0 Å². The number of methoxy groups -OCH3 is 1. The molecular weight excluding hydrogens is 346 g/mol. The second-order valence-corrected chi connectivity index (χ2v) is 6.18. The van der Waals surface area contributed by atoms with E-state index in [4.69, 9.17) is 13.9 Å². The fourth-order valence-electron chi connectivity index (χ4n) is 2.69. The maximum absolute atomic E-state index is 12.2. The molecule has 3 aromatic rings. The largest absolute Gasteiger partial charge is 0.497 e. The zero-order chi connectivity index (χ0) is 19.4. The molecule has 0 aliphatic heterocycles. The number of benzene rings is 1. The number of aromatic nitrogens is 2. The molecule has 0 aliphatic rings. The van der Waals surface area contributed by atoms with E-state index in [2.05, 4.69) is 15.3 Å². The molecule has 1 amide bonds. The molecule has 0 fully saturated rings. The van der Waals surface area contributed by atoms with Crippen molar-refractivity contribution in [1.82, 2.24) is 15.3 Å². The van der Waals surface area contributed by atoms with Crippen LogP contribution in [0.5, 0.6) is 11.6 Å². The van der Waals surface area contributed by atoms with Gasteiger partial charge in [-0.25, -0.2) is 0 Å². The summed E-state index contributed by atoms with van der Waals surface area (Å²) in [5.74, 6) is 2.27. The zero-order valence-electron chi connectivity index (χ0n) is 16.0. The second-order valence-electron chi connectivity index (χ2n) is 6.18. The standard InChI is InChI=1S/C20H23N3O4/c1-5-16-22-19(18-12(2)13(3)27-20(18)23-16)26-11-17(24)21-10-14-7-6-8-15(9-14)25-4/h6-9H,5,10-11H2,1-4H3,(H,21,24). The molecule has 27 heavy (non-hydrogen) atoms. The highest BCUT2D eigenvalue weighted by Crippen LogP contribution is 2.30. The molecule has 3 rings (SSSR count). The van der Waals surface area contributed by atoms with Gasteiger partial charge in [-0.1, -0.05) is 19.1 Å². The van der Waals surface area contributed by atoms with E-state index in [-0.39, 0.29) is 12.5 Å². The zero-order valence-corrected chi connectivity index (χ0v) is 16.0. The molecule has 1 N–H and O–H groups in total. The fourth-order valence-corrected chi connectivity index (χ4v) is 2.69. The van der Waals surface area contributed by atoms with Crippen LogP contribution in [0.3, 0.4) is 0 Å². The van der Waals surface area contributed by atoms with E-state index in [1.54, 1.807) is 7.11 Å². The number of hydrogen-bond acceptors (Lipinski definition) is 6. The summed E-state index contributed by atoms with van der Waals surface area (Å²) in [5, 5.41) is 3.54. The molecule has 0 spiro atoms. The third-order valence-electron chi connectivity index (χ3n) is 4.32. The second kappa shape index (κ2) is 8.07. The van der Waals surface area contributed by atoms with Gasteiger partial charge in [0.15, 0.2) is 6.61 Å². The molecule has 7 heteroatoms. The Labute approximate surface area is 157 Å². The first-order chi connectivity index (χ1) is 13.0. The highest BCUT2D eigenvalue weighted by Gasteiger charge is 2.17. The summed E-state index contributed by atoms with van der Waals surface area (Å²) in [6.07, 6.45) is 0.646. The van der Waals surface area contributed by atoms with Gasteiger partial charge >= 0.3 is 0 Å². The minimum atomic E-state index is -0.236. The van der Waals surface area contributed by atoms with Crippen LogP contribution in [0.4, 0.5) is 0 Å². The van der Waals surface area contributed by atoms with E-state index < -0.39 is 0 Å². The monoisotopic (exact) mass is 369 g/mol. The van der Waals surface area contributed by atoms with Gasteiger partial charge in [0.05, 0.1) is 7.11 Å². The van der Waals surface area contributed by atoms with Crippen molar-refractivity contribution in [2.45, 2.75) is 33.7 Å². The Morgan fingerprint density at radius 2 is 2.07 bits per heavy atom. The first kappa shape index (κ1) is 18.7. The molecule has 0 radical (unpaired) electrons. The van der Waals surface area contributed by atoms with E-state index >= 15 is 0 Å². The van der Waals surface area contributed by atoms with Crippen molar-refractivity contribution in [2.75, 3.05) is 13.7 Å². The number of hydrogen-bond donors (Lipinski definition) is 1. The van der Waals surface area contributed by atoms with Crippen LogP contribution in [-0.2, 0) is 17.8 Å². The maximum Gasteiger partial charge on any atom is 0.258 e. The Balaban J connectivity index is 1.68. The van der Waals surface area contributed by atoms with Crippen LogP contribution in [-0.4, -0.2) is 29.6 Å². The minimum absolute atomic E-state index is 0.136. The molecule has 0 bridgehead atoms. The lowest BCUT2D eigenvalue weighted by Gasteiger charge is -2.09. The van der Waals surface area contributed by atoms with E-state index in [9.17, 15) is 4.79 Å². The predicted molar refractivity (Wildman–Crippen MR) is 101 cm³/mol. The smallest absolute Gasteiger partial charge is 0.258 e. The number of carbonyl (C=O) groups is 1. The number of aryl methyl sites for hydroxylation is 3. The van der Waals surface area contributed by atoms with Crippen LogP contribution in [0.15, 0.2) is 28.7 Å². The molecule has 2 heterocycles. The predicted octanol–water partition coefficient (Wildman–Crippen LogP) is 3.11. The van der Waals surface area contributed by atoms with Crippen LogP contribution in [0, 0.1) is 13.8 Å². The number of rotatable bonds is 7. The van der Waals surface area contributed by atoms with Gasteiger partial charge in [0.2, 0.25) is 11.6 Å². The van der Waals surface area contributed by atoms with Gasteiger partial charge in [0.25, 0.3) is 5.91 Å². The molecule has 0 saturated carbocycles. The average molecular weight is 369 g/mol. The summed E-state index contributed by atoms with van der Waals surface area (Å²) >= 11 is 0. The Kier molecular flexibility index (Phi) is 5.59. The topological polar surface area (TPSA) is 86.5 Å².